The summed E-state index contributed by atoms with van der Waals surface area (Å²) in [6.07, 6.45) is 5.02. The zero-order chi connectivity index (χ0) is 18.5. The number of hydrogen-bond acceptors (Lipinski definition) is 3. The molecule has 0 atom stereocenters. The third kappa shape index (κ3) is 4.51. The molecule has 0 bridgehead atoms. The van der Waals surface area contributed by atoms with Crippen LogP contribution in [0.15, 0.2) is 42.5 Å². The third-order valence-corrected chi connectivity index (χ3v) is 4.90. The van der Waals surface area contributed by atoms with Gasteiger partial charge in [-0.05, 0) is 61.1 Å². The summed E-state index contributed by atoms with van der Waals surface area (Å²) in [7, 11) is 3.91. The molecule has 0 fully saturated rings. The van der Waals surface area contributed by atoms with Crippen LogP contribution in [0.1, 0.15) is 47.2 Å². The number of nitrogens with one attached hydrogen (secondary N) is 1. The van der Waals surface area contributed by atoms with Crippen LogP contribution in [-0.2, 0) is 17.6 Å². The van der Waals surface area contributed by atoms with Gasteiger partial charge in [-0.1, -0.05) is 18.2 Å². The molecule has 1 N–H and O–H groups in total. The van der Waals surface area contributed by atoms with Gasteiger partial charge in [-0.3, -0.25) is 9.59 Å². The largest absolute Gasteiger partial charge is 0.378 e. The van der Waals surface area contributed by atoms with Crippen molar-refractivity contribution in [2.24, 2.45) is 0 Å². The molecule has 1 aliphatic carbocycles. The number of amides is 1. The van der Waals surface area contributed by atoms with Crippen LogP contribution in [-0.4, -0.2) is 25.8 Å². The van der Waals surface area contributed by atoms with Crippen molar-refractivity contribution in [2.45, 2.75) is 38.5 Å². The van der Waals surface area contributed by atoms with Crippen molar-refractivity contribution in [1.82, 2.24) is 0 Å². The molecule has 26 heavy (non-hydrogen) atoms. The minimum atomic E-state index is -0.132. The van der Waals surface area contributed by atoms with Gasteiger partial charge in [0, 0.05) is 43.9 Å². The van der Waals surface area contributed by atoms with Crippen LogP contribution in [0.2, 0.25) is 0 Å². The lowest BCUT2D eigenvalue weighted by atomic mass is 9.89. The van der Waals surface area contributed by atoms with Gasteiger partial charge in [-0.15, -0.1) is 0 Å². The first kappa shape index (κ1) is 18.2. The summed E-state index contributed by atoms with van der Waals surface area (Å²) in [4.78, 5) is 26.6. The monoisotopic (exact) mass is 350 g/mol. The Labute approximate surface area is 155 Å². The first-order valence-electron chi connectivity index (χ1n) is 9.25. The Kier molecular flexibility index (Phi) is 5.71. The molecule has 2 aromatic rings. The van der Waals surface area contributed by atoms with Crippen molar-refractivity contribution in [3.63, 3.8) is 0 Å². The SMILES string of the molecule is CN(C)c1cccc(NC(=O)CCC(=O)c2ccc3c(c2)CCCC3)c1. The number of nitrogens with zero attached hydrogens (tertiary/aromatic N) is 1. The van der Waals surface area contributed by atoms with Crippen LogP contribution in [0.5, 0.6) is 0 Å². The van der Waals surface area contributed by atoms with Crippen LogP contribution >= 0.6 is 0 Å². The minimum Gasteiger partial charge on any atom is -0.378 e. The topological polar surface area (TPSA) is 49.4 Å². The van der Waals surface area contributed by atoms with E-state index < -0.39 is 0 Å². The Hall–Kier alpha value is -2.62. The number of carbonyl (C=O) groups excluding carboxylic acids is 2. The first-order chi connectivity index (χ1) is 12.5. The second-order valence-corrected chi connectivity index (χ2v) is 7.11. The van der Waals surface area contributed by atoms with E-state index in [1.807, 2.05) is 55.4 Å². The summed E-state index contributed by atoms with van der Waals surface area (Å²) < 4.78 is 0. The van der Waals surface area contributed by atoms with Gasteiger partial charge in [-0.25, -0.2) is 0 Å². The number of carbonyl (C=O) groups is 2. The number of aryl methyl sites for hydroxylation is 2. The van der Waals surface area contributed by atoms with E-state index in [2.05, 4.69) is 11.4 Å². The van der Waals surface area contributed by atoms with Crippen molar-refractivity contribution >= 4 is 23.1 Å². The van der Waals surface area contributed by atoms with Crippen LogP contribution < -0.4 is 10.2 Å². The van der Waals surface area contributed by atoms with Gasteiger partial charge in [-0.2, -0.15) is 0 Å². The molecule has 4 heteroatoms. The number of benzene rings is 2. The summed E-state index contributed by atoms with van der Waals surface area (Å²) in [6, 6.07) is 13.7. The summed E-state index contributed by atoms with van der Waals surface area (Å²) in [6.45, 7) is 0. The Bertz CT molecular complexity index is 812. The van der Waals surface area contributed by atoms with E-state index in [0.29, 0.717) is 0 Å². The molecule has 0 saturated carbocycles. The summed E-state index contributed by atoms with van der Waals surface area (Å²) in [5, 5.41) is 2.88. The standard InChI is InChI=1S/C22H26N2O2/c1-24(2)20-9-5-8-19(15-20)23-22(26)13-12-21(25)18-11-10-16-6-3-4-7-17(16)14-18/h5,8-11,14-15H,3-4,6-7,12-13H2,1-2H3,(H,23,26). The van der Waals surface area contributed by atoms with Gasteiger partial charge >= 0.3 is 0 Å². The lowest BCUT2D eigenvalue weighted by molar-refractivity contribution is -0.116. The lowest BCUT2D eigenvalue weighted by Crippen LogP contribution is -2.15. The lowest BCUT2D eigenvalue weighted by Gasteiger charge is -2.16. The number of ketones is 1. The number of Topliss-reactive ketones (excluding diaryl/α,β-unsaturated/α-hetero) is 1. The zero-order valence-electron chi connectivity index (χ0n) is 15.5. The van der Waals surface area contributed by atoms with Crippen LogP contribution in [0.25, 0.3) is 0 Å². The number of fused-ring (bicyclic) bond motifs is 1. The van der Waals surface area contributed by atoms with E-state index in [4.69, 9.17) is 0 Å². The van der Waals surface area contributed by atoms with E-state index in [9.17, 15) is 9.59 Å². The maximum absolute atomic E-state index is 12.4. The second kappa shape index (κ2) is 8.17. The molecule has 0 unspecified atom stereocenters. The highest BCUT2D eigenvalue weighted by atomic mass is 16.2. The maximum Gasteiger partial charge on any atom is 0.224 e. The smallest absolute Gasteiger partial charge is 0.224 e. The van der Waals surface area contributed by atoms with Gasteiger partial charge in [0.1, 0.15) is 0 Å². The third-order valence-electron chi connectivity index (χ3n) is 4.90. The Morgan fingerprint density at radius 3 is 2.50 bits per heavy atom. The Morgan fingerprint density at radius 1 is 0.962 bits per heavy atom. The van der Waals surface area contributed by atoms with Gasteiger partial charge < -0.3 is 10.2 Å². The molecule has 1 aliphatic rings. The van der Waals surface area contributed by atoms with Crippen molar-refractivity contribution in [3.8, 4) is 0 Å². The van der Waals surface area contributed by atoms with E-state index in [-0.39, 0.29) is 24.5 Å². The average molecular weight is 350 g/mol. The number of hydrogen-bond donors (Lipinski definition) is 1. The van der Waals surface area contributed by atoms with Gasteiger partial charge in [0.25, 0.3) is 0 Å². The predicted octanol–water partition coefficient (Wildman–Crippen LogP) is 4.23. The number of anilines is 2. The molecule has 0 spiro atoms. The fourth-order valence-electron chi connectivity index (χ4n) is 3.36. The summed E-state index contributed by atoms with van der Waals surface area (Å²) >= 11 is 0. The molecular formula is C22H26N2O2. The first-order valence-corrected chi connectivity index (χ1v) is 9.25. The van der Waals surface area contributed by atoms with Crippen LogP contribution in [0.3, 0.4) is 0 Å². The molecule has 4 nitrogen and oxygen atoms in total. The zero-order valence-corrected chi connectivity index (χ0v) is 15.5. The van der Waals surface area contributed by atoms with Gasteiger partial charge in [0.15, 0.2) is 5.78 Å². The van der Waals surface area contributed by atoms with Crippen LogP contribution in [0, 0.1) is 0 Å². The minimum absolute atomic E-state index is 0.0376. The average Bonchev–Trinajstić information content (AvgIpc) is 2.66. The molecule has 0 aromatic heterocycles. The molecule has 1 amide bonds. The highest BCUT2D eigenvalue weighted by Gasteiger charge is 2.14. The van der Waals surface area contributed by atoms with Gasteiger partial charge in [0.2, 0.25) is 5.91 Å². The van der Waals surface area contributed by atoms with E-state index in [1.165, 1.54) is 24.0 Å². The molecule has 2 aromatic carbocycles. The van der Waals surface area contributed by atoms with Crippen molar-refractivity contribution in [2.75, 3.05) is 24.3 Å². The van der Waals surface area contributed by atoms with Crippen LogP contribution in [0.4, 0.5) is 11.4 Å². The highest BCUT2D eigenvalue weighted by molar-refractivity contribution is 6.00. The molecule has 0 radical (unpaired) electrons. The Morgan fingerprint density at radius 2 is 1.73 bits per heavy atom. The predicted molar refractivity (Wildman–Crippen MR) is 106 cm³/mol. The van der Waals surface area contributed by atoms with Crippen molar-refractivity contribution in [1.29, 1.82) is 0 Å². The highest BCUT2D eigenvalue weighted by Crippen LogP contribution is 2.23. The van der Waals surface area contributed by atoms with E-state index in [0.717, 1.165) is 29.8 Å². The summed E-state index contributed by atoms with van der Waals surface area (Å²) in [5.41, 5.74) is 5.17. The molecule has 3 rings (SSSR count). The quantitative estimate of drug-likeness (QED) is 0.793. The van der Waals surface area contributed by atoms with Crippen molar-refractivity contribution in [3.05, 3.63) is 59.2 Å². The molecule has 0 saturated heterocycles. The fraction of sp³-hybridized carbons (Fsp3) is 0.364. The van der Waals surface area contributed by atoms with E-state index in [1.54, 1.807) is 0 Å². The van der Waals surface area contributed by atoms with Gasteiger partial charge in [0.05, 0.1) is 0 Å². The fourth-order valence-corrected chi connectivity index (χ4v) is 3.36. The maximum atomic E-state index is 12.4. The van der Waals surface area contributed by atoms with E-state index >= 15 is 0 Å². The summed E-state index contributed by atoms with van der Waals surface area (Å²) in [5.74, 6) is -0.0946. The second-order valence-electron chi connectivity index (χ2n) is 7.11. The molecule has 0 aliphatic heterocycles. The normalized spacial score (nSPS) is 13.0. The molecule has 136 valence electrons. The number of rotatable bonds is 6. The Balaban J connectivity index is 1.56. The van der Waals surface area contributed by atoms with Crippen molar-refractivity contribution < 1.29 is 9.59 Å². The molecular weight excluding hydrogens is 324 g/mol. The molecule has 0 heterocycles.